The van der Waals surface area contributed by atoms with Gasteiger partial charge in [-0.15, -0.1) is 0 Å². The van der Waals surface area contributed by atoms with Gasteiger partial charge in [0, 0.05) is 45.0 Å². The quantitative estimate of drug-likeness (QED) is 0.308. The van der Waals surface area contributed by atoms with E-state index in [1.165, 1.54) is 26.5 Å². The Kier molecular flexibility index (Phi) is 8.73. The van der Waals surface area contributed by atoms with Crippen LogP contribution in [0.5, 0.6) is 0 Å². The second-order valence-corrected chi connectivity index (χ2v) is 5.03. The predicted octanol–water partition coefficient (Wildman–Crippen LogP) is 2.49. The number of rotatable bonds is 9. The molecule has 0 fully saturated rings. The van der Waals surface area contributed by atoms with Crippen molar-refractivity contribution < 1.29 is 28.2 Å². The fraction of sp³-hybridized carbons (Fsp3) is 0.412. The highest BCUT2D eigenvalue weighted by Crippen LogP contribution is 2.10. The van der Waals surface area contributed by atoms with Gasteiger partial charge in [-0.1, -0.05) is 13.0 Å². The van der Waals surface area contributed by atoms with E-state index in [9.17, 15) is 18.7 Å². The maximum absolute atomic E-state index is 13.6. The van der Waals surface area contributed by atoms with Crippen molar-refractivity contribution in [1.29, 1.82) is 0 Å². The average Bonchev–Trinajstić information content (AvgIpc) is 2.60. The summed E-state index contributed by atoms with van der Waals surface area (Å²) in [6.07, 6.45) is 0.857. The Balaban J connectivity index is 2.79. The minimum absolute atomic E-state index is 0.0454. The van der Waals surface area contributed by atoms with E-state index < -0.39 is 23.8 Å². The minimum atomic E-state index is -0.762. The van der Waals surface area contributed by atoms with Crippen molar-refractivity contribution >= 4 is 12.1 Å². The normalized spacial score (nSPS) is 12.6. The lowest BCUT2D eigenvalue weighted by atomic mass is 10.1. The van der Waals surface area contributed by atoms with Crippen molar-refractivity contribution in [2.75, 3.05) is 20.8 Å². The zero-order chi connectivity index (χ0) is 18.8. The van der Waals surface area contributed by atoms with E-state index in [0.717, 1.165) is 12.1 Å². The Bertz CT molecular complexity index is 644. The molecule has 0 aliphatic carbocycles. The number of aliphatic hydroxyl groups is 1. The fourth-order valence-corrected chi connectivity index (χ4v) is 1.87. The van der Waals surface area contributed by atoms with Gasteiger partial charge in [-0.25, -0.2) is 8.78 Å². The van der Waals surface area contributed by atoms with Gasteiger partial charge in [0.1, 0.15) is 17.4 Å². The van der Waals surface area contributed by atoms with Crippen LogP contribution in [0.15, 0.2) is 34.5 Å². The van der Waals surface area contributed by atoms with Gasteiger partial charge >= 0.3 is 0 Å². The summed E-state index contributed by atoms with van der Waals surface area (Å²) in [5.74, 6) is -2.25. The molecule has 0 aliphatic rings. The monoisotopic (exact) mass is 356 g/mol. The smallest absolute Gasteiger partial charge is 0.256 e. The van der Waals surface area contributed by atoms with Crippen LogP contribution in [0.2, 0.25) is 0 Å². The van der Waals surface area contributed by atoms with Crippen LogP contribution in [0, 0.1) is 11.6 Å². The molecule has 0 spiro atoms. The molecule has 25 heavy (non-hydrogen) atoms. The Labute approximate surface area is 145 Å². The molecule has 0 atom stereocenters. The van der Waals surface area contributed by atoms with Crippen molar-refractivity contribution in [3.8, 4) is 0 Å². The highest BCUT2D eigenvalue weighted by Gasteiger charge is 2.14. The second kappa shape index (κ2) is 10.5. The van der Waals surface area contributed by atoms with Crippen molar-refractivity contribution in [1.82, 2.24) is 5.32 Å². The van der Waals surface area contributed by atoms with Gasteiger partial charge in [0.25, 0.3) is 5.91 Å². The van der Waals surface area contributed by atoms with Gasteiger partial charge in [-0.2, -0.15) is 0 Å². The van der Waals surface area contributed by atoms with Gasteiger partial charge in [0.05, 0.1) is 12.1 Å². The van der Waals surface area contributed by atoms with E-state index in [1.807, 2.05) is 0 Å². The van der Waals surface area contributed by atoms with Crippen LogP contribution in [0.1, 0.15) is 18.9 Å². The lowest BCUT2D eigenvalue weighted by Gasteiger charge is -2.11. The molecular formula is C17H22F2N2O4. The number of ether oxygens (including phenoxy) is 2. The molecule has 6 nitrogen and oxygen atoms in total. The molecule has 0 saturated heterocycles. The average molecular weight is 356 g/mol. The van der Waals surface area contributed by atoms with Gasteiger partial charge in [-0.05, 0) is 6.07 Å². The highest BCUT2D eigenvalue weighted by atomic mass is 19.1. The number of hydrogen-bond donors (Lipinski definition) is 2. The van der Waals surface area contributed by atoms with Crippen LogP contribution in [0.3, 0.4) is 0 Å². The number of aliphatic imine (C=N–C) groups is 1. The first kappa shape index (κ1) is 20.7. The maximum atomic E-state index is 13.6. The molecule has 1 aromatic rings. The van der Waals surface area contributed by atoms with Crippen LogP contribution >= 0.6 is 0 Å². The number of carbonyl (C=O) groups is 1. The van der Waals surface area contributed by atoms with Gasteiger partial charge in [0.15, 0.2) is 6.29 Å². The van der Waals surface area contributed by atoms with Crippen molar-refractivity contribution in [2.24, 2.45) is 4.99 Å². The van der Waals surface area contributed by atoms with Gasteiger partial charge in [-0.3, -0.25) is 9.79 Å². The van der Waals surface area contributed by atoms with Crippen molar-refractivity contribution in [3.63, 3.8) is 0 Å². The molecule has 0 heterocycles. The molecule has 1 rings (SSSR count). The highest BCUT2D eigenvalue weighted by molar-refractivity contribution is 6.12. The van der Waals surface area contributed by atoms with Crippen LogP contribution in [0.4, 0.5) is 8.78 Å². The molecule has 0 aliphatic heterocycles. The number of amides is 1. The lowest BCUT2D eigenvalue weighted by Crippen LogP contribution is -2.27. The molecular weight excluding hydrogens is 334 g/mol. The number of methoxy groups -OCH3 is 2. The Morgan fingerprint density at radius 1 is 1.36 bits per heavy atom. The van der Waals surface area contributed by atoms with E-state index in [1.54, 1.807) is 6.92 Å². The largest absolute Gasteiger partial charge is 0.511 e. The number of halogens is 2. The number of allylic oxidation sites excluding steroid dienone is 1. The fourth-order valence-electron chi connectivity index (χ4n) is 1.87. The zero-order valence-electron chi connectivity index (χ0n) is 14.4. The van der Waals surface area contributed by atoms with E-state index in [2.05, 4.69) is 10.3 Å². The van der Waals surface area contributed by atoms with E-state index in [0.29, 0.717) is 0 Å². The molecule has 1 amide bonds. The first-order chi connectivity index (χ1) is 11.9. The first-order valence-electron chi connectivity index (χ1n) is 7.62. The first-order valence-corrected chi connectivity index (χ1v) is 7.62. The molecule has 1 aromatic carbocycles. The molecule has 138 valence electrons. The molecule has 0 radical (unpaired) electrons. The van der Waals surface area contributed by atoms with Crippen molar-refractivity contribution in [3.05, 3.63) is 46.7 Å². The minimum Gasteiger partial charge on any atom is -0.511 e. The standard InChI is InChI=1S/C17H22F2N2O4/c1-4-15(22)13(9-20-10-16(24-2)25-3)17(23)21-8-11-5-6-12(18)7-14(11)19/h5-7,9,16,22H,4,8,10H2,1-3H3,(H,21,23). The number of carbonyl (C=O) groups excluding carboxylic acids is 1. The van der Waals surface area contributed by atoms with Crippen LogP contribution in [0.25, 0.3) is 0 Å². The lowest BCUT2D eigenvalue weighted by molar-refractivity contribution is -0.117. The Morgan fingerprint density at radius 2 is 2.04 bits per heavy atom. The molecule has 0 unspecified atom stereocenters. The summed E-state index contributed by atoms with van der Waals surface area (Å²) in [5, 5.41) is 12.4. The second-order valence-electron chi connectivity index (χ2n) is 5.03. The van der Waals surface area contributed by atoms with E-state index in [-0.39, 0.29) is 36.4 Å². The SMILES string of the molecule is CCC(O)=C(C=NCC(OC)OC)C(=O)NCc1ccc(F)cc1F. The maximum Gasteiger partial charge on any atom is 0.256 e. The summed E-state index contributed by atoms with van der Waals surface area (Å²) in [6.45, 7) is 1.65. The number of benzene rings is 1. The molecule has 8 heteroatoms. The van der Waals surface area contributed by atoms with Crippen molar-refractivity contribution in [2.45, 2.75) is 26.2 Å². The summed E-state index contributed by atoms with van der Waals surface area (Å²) >= 11 is 0. The molecule has 0 saturated carbocycles. The van der Waals surface area contributed by atoms with E-state index >= 15 is 0 Å². The molecule has 0 aromatic heterocycles. The van der Waals surface area contributed by atoms with Crippen LogP contribution in [-0.4, -0.2) is 44.3 Å². The predicted molar refractivity (Wildman–Crippen MR) is 89.3 cm³/mol. The third-order valence-corrected chi connectivity index (χ3v) is 3.35. The summed E-state index contributed by atoms with van der Waals surface area (Å²) in [5.41, 5.74) is 0.0804. The van der Waals surface area contributed by atoms with Gasteiger partial charge < -0.3 is 19.9 Å². The Morgan fingerprint density at radius 3 is 2.60 bits per heavy atom. The van der Waals surface area contributed by atoms with Crippen LogP contribution < -0.4 is 5.32 Å². The third kappa shape index (κ3) is 6.60. The number of nitrogens with one attached hydrogen (secondary N) is 1. The summed E-state index contributed by atoms with van der Waals surface area (Å²) in [7, 11) is 2.90. The zero-order valence-corrected chi connectivity index (χ0v) is 14.4. The molecule has 2 N–H and O–H groups in total. The molecule has 0 bridgehead atoms. The number of nitrogens with zero attached hydrogens (tertiary/aromatic N) is 1. The van der Waals surface area contributed by atoms with Crippen LogP contribution in [-0.2, 0) is 20.8 Å². The number of aliphatic hydroxyl groups excluding tert-OH is 1. The number of hydrogen-bond acceptors (Lipinski definition) is 5. The van der Waals surface area contributed by atoms with E-state index in [4.69, 9.17) is 9.47 Å². The third-order valence-electron chi connectivity index (χ3n) is 3.35. The van der Waals surface area contributed by atoms with Gasteiger partial charge in [0.2, 0.25) is 0 Å². The Hall–Kier alpha value is -2.32. The summed E-state index contributed by atoms with van der Waals surface area (Å²) < 4.78 is 36.4. The summed E-state index contributed by atoms with van der Waals surface area (Å²) in [4.78, 5) is 16.2. The topological polar surface area (TPSA) is 80.2 Å². The summed E-state index contributed by atoms with van der Waals surface area (Å²) in [6, 6.07) is 3.07.